The van der Waals surface area contributed by atoms with Crippen LogP contribution in [0.25, 0.3) is 10.4 Å². The average molecular weight is 658 g/mol. The van der Waals surface area contributed by atoms with Gasteiger partial charge in [-0.15, -0.1) is 0 Å². The van der Waals surface area contributed by atoms with Gasteiger partial charge < -0.3 is 21.9 Å². The van der Waals surface area contributed by atoms with Crippen LogP contribution in [0.3, 0.4) is 0 Å². The van der Waals surface area contributed by atoms with E-state index in [0.717, 1.165) is 65.1 Å². The SMILES string of the molecule is [Cl-].[N-]=[N+]=NCCCCCCCCCCOCCCc1ccc[n+](CCCCCCCCCCCCOCCCc2cccnc2)c1. The fourth-order valence-corrected chi connectivity index (χ4v) is 5.77. The quantitative estimate of drug-likeness (QED) is 0.0272. The van der Waals surface area contributed by atoms with Crippen LogP contribution in [-0.4, -0.2) is 38.0 Å². The zero-order valence-corrected chi connectivity index (χ0v) is 29.6. The fourth-order valence-electron chi connectivity index (χ4n) is 5.77. The molecule has 0 aliphatic carbocycles. The minimum Gasteiger partial charge on any atom is -1.00 e. The van der Waals surface area contributed by atoms with Crippen LogP contribution in [-0.2, 0) is 28.9 Å². The van der Waals surface area contributed by atoms with E-state index in [1.807, 2.05) is 18.5 Å². The molecule has 7 nitrogen and oxygen atoms in total. The van der Waals surface area contributed by atoms with Gasteiger partial charge in [-0.2, -0.15) is 0 Å². The van der Waals surface area contributed by atoms with Crippen LogP contribution in [0.1, 0.15) is 140 Å². The van der Waals surface area contributed by atoms with Crippen LogP contribution in [0.2, 0.25) is 0 Å². The summed E-state index contributed by atoms with van der Waals surface area (Å²) in [6, 6.07) is 8.60. The number of aromatic nitrogens is 2. The summed E-state index contributed by atoms with van der Waals surface area (Å²) < 4.78 is 14.1. The molecule has 0 atom stereocenters. The Bertz CT molecular complexity index is 975. The van der Waals surface area contributed by atoms with Crippen molar-refractivity contribution < 1.29 is 26.4 Å². The van der Waals surface area contributed by atoms with Gasteiger partial charge in [-0.05, 0) is 74.6 Å². The monoisotopic (exact) mass is 657 g/mol. The van der Waals surface area contributed by atoms with Gasteiger partial charge in [-0.1, -0.05) is 94.7 Å². The van der Waals surface area contributed by atoms with E-state index in [-0.39, 0.29) is 12.4 Å². The van der Waals surface area contributed by atoms with Crippen LogP contribution >= 0.6 is 0 Å². The van der Waals surface area contributed by atoms with Crippen molar-refractivity contribution >= 4 is 0 Å². The minimum absolute atomic E-state index is 0. The first-order valence-corrected chi connectivity index (χ1v) is 18.4. The van der Waals surface area contributed by atoms with Crippen LogP contribution in [0.5, 0.6) is 0 Å². The topological polar surface area (TPSA) is 84.0 Å². The molecule has 8 heteroatoms. The number of pyridine rings is 2. The minimum atomic E-state index is 0. The van der Waals surface area contributed by atoms with E-state index in [0.29, 0.717) is 6.54 Å². The first kappa shape index (κ1) is 41.8. The first-order valence-electron chi connectivity index (χ1n) is 18.4. The molecule has 0 aliphatic heterocycles. The molecule has 2 heterocycles. The Morgan fingerprint density at radius 3 is 1.67 bits per heavy atom. The summed E-state index contributed by atoms with van der Waals surface area (Å²) in [5.41, 5.74) is 11.0. The second-order valence-electron chi connectivity index (χ2n) is 12.6. The molecule has 0 bridgehead atoms. The molecule has 0 aliphatic rings. The number of rotatable bonds is 32. The van der Waals surface area contributed by atoms with E-state index < -0.39 is 0 Å². The Balaban J connectivity index is 0.0000106. The van der Waals surface area contributed by atoms with E-state index in [9.17, 15) is 0 Å². The highest BCUT2D eigenvalue weighted by molar-refractivity contribution is 5.08. The molecule has 0 fully saturated rings. The Morgan fingerprint density at radius 2 is 1.11 bits per heavy atom. The summed E-state index contributed by atoms with van der Waals surface area (Å²) in [5.74, 6) is 0. The van der Waals surface area contributed by atoms with Gasteiger partial charge in [0.2, 0.25) is 0 Å². The second kappa shape index (κ2) is 32.7. The lowest BCUT2D eigenvalue weighted by molar-refractivity contribution is -0.697. The van der Waals surface area contributed by atoms with Gasteiger partial charge in [0.25, 0.3) is 0 Å². The van der Waals surface area contributed by atoms with Crippen LogP contribution in [0, 0.1) is 0 Å². The molecular formula is C38H64ClN5O2. The number of ether oxygens (including phenoxy) is 2. The van der Waals surface area contributed by atoms with Crippen LogP contribution < -0.4 is 17.0 Å². The lowest BCUT2D eigenvalue weighted by Crippen LogP contribution is -3.00. The standard InChI is InChI=1S/C38H64N5O2.ClH/c39-42-41-28-15-11-7-3-6-10-14-18-32-45-34-22-26-38-24-20-30-43(36-38)29-16-12-8-4-1-2-5-9-13-17-31-44-33-21-25-37-23-19-27-40-35-37;/h19-20,23-24,27,30,35-36H,1-18,21-22,25-26,28-29,31-34H2;1H/q+1;/p-1. The molecule has 0 N–H and O–H groups in total. The summed E-state index contributed by atoms with van der Waals surface area (Å²) in [6.07, 6.45) is 35.8. The first-order chi connectivity index (χ1) is 22.4. The highest BCUT2D eigenvalue weighted by Crippen LogP contribution is 2.12. The normalized spacial score (nSPS) is 10.9. The zero-order chi connectivity index (χ0) is 31.7. The molecule has 46 heavy (non-hydrogen) atoms. The summed E-state index contributed by atoms with van der Waals surface area (Å²) in [5, 5.41) is 3.58. The number of nitrogens with zero attached hydrogens (tertiary/aromatic N) is 5. The lowest BCUT2D eigenvalue weighted by atomic mass is 10.1. The van der Waals surface area contributed by atoms with Crippen molar-refractivity contribution in [2.45, 2.75) is 148 Å². The lowest BCUT2D eigenvalue weighted by Gasteiger charge is -2.05. The molecule has 0 saturated heterocycles. The van der Waals surface area contributed by atoms with Crippen molar-refractivity contribution in [3.05, 3.63) is 70.6 Å². The fraction of sp³-hybridized carbons (Fsp3) is 0.737. The molecular weight excluding hydrogens is 594 g/mol. The van der Waals surface area contributed by atoms with Gasteiger partial charge in [0, 0.05) is 68.3 Å². The van der Waals surface area contributed by atoms with Crippen LogP contribution in [0.15, 0.2) is 54.2 Å². The maximum atomic E-state index is 8.27. The summed E-state index contributed by atoms with van der Waals surface area (Å²) in [4.78, 5) is 6.96. The van der Waals surface area contributed by atoms with Crippen molar-refractivity contribution in [2.24, 2.45) is 5.11 Å². The van der Waals surface area contributed by atoms with Gasteiger partial charge in [-0.3, -0.25) is 4.98 Å². The van der Waals surface area contributed by atoms with E-state index in [1.54, 1.807) is 0 Å². The Kier molecular flexibility index (Phi) is 29.8. The van der Waals surface area contributed by atoms with Gasteiger partial charge >= 0.3 is 0 Å². The van der Waals surface area contributed by atoms with Crippen molar-refractivity contribution in [2.75, 3.05) is 33.0 Å². The smallest absolute Gasteiger partial charge is 0.171 e. The van der Waals surface area contributed by atoms with Gasteiger partial charge in [-0.25, -0.2) is 4.57 Å². The number of halogens is 1. The van der Waals surface area contributed by atoms with E-state index >= 15 is 0 Å². The molecule has 2 aromatic heterocycles. The number of hydrogen-bond donors (Lipinski definition) is 0. The van der Waals surface area contributed by atoms with Gasteiger partial charge in [0.15, 0.2) is 12.4 Å². The second-order valence-corrected chi connectivity index (χ2v) is 12.6. The zero-order valence-electron chi connectivity index (χ0n) is 28.8. The van der Waals surface area contributed by atoms with E-state index in [4.69, 9.17) is 15.0 Å². The van der Waals surface area contributed by atoms with E-state index in [1.165, 1.54) is 120 Å². The Labute approximate surface area is 287 Å². The summed E-state index contributed by atoms with van der Waals surface area (Å²) in [6.45, 7) is 5.31. The predicted octanol–water partition coefficient (Wildman–Crippen LogP) is 7.30. The highest BCUT2D eigenvalue weighted by Gasteiger charge is 2.04. The molecule has 0 saturated carbocycles. The van der Waals surface area contributed by atoms with Gasteiger partial charge in [0.05, 0.1) is 0 Å². The van der Waals surface area contributed by atoms with Crippen molar-refractivity contribution in [3.8, 4) is 0 Å². The highest BCUT2D eigenvalue weighted by atomic mass is 35.5. The Morgan fingerprint density at radius 1 is 0.609 bits per heavy atom. The average Bonchev–Trinajstić information content (AvgIpc) is 3.07. The third-order valence-electron chi connectivity index (χ3n) is 8.47. The number of unbranched alkanes of at least 4 members (excludes halogenated alkanes) is 16. The Hall–Kier alpha value is -2.18. The maximum absolute atomic E-state index is 8.27. The molecule has 0 aromatic carbocycles. The molecule has 260 valence electrons. The number of azide groups is 1. The molecule has 0 amide bonds. The molecule has 0 spiro atoms. The van der Waals surface area contributed by atoms with Crippen molar-refractivity contribution in [1.82, 2.24) is 4.98 Å². The third-order valence-corrected chi connectivity index (χ3v) is 8.47. The molecule has 0 radical (unpaired) electrons. The number of hydrogen-bond acceptors (Lipinski definition) is 4. The summed E-state index contributed by atoms with van der Waals surface area (Å²) >= 11 is 0. The van der Waals surface area contributed by atoms with E-state index in [2.05, 4.69) is 50.2 Å². The van der Waals surface area contributed by atoms with Crippen molar-refractivity contribution in [3.63, 3.8) is 0 Å². The molecule has 2 rings (SSSR count). The summed E-state index contributed by atoms with van der Waals surface area (Å²) in [7, 11) is 0. The third kappa shape index (κ3) is 25.9. The predicted molar refractivity (Wildman–Crippen MR) is 186 cm³/mol. The number of aryl methyl sites for hydroxylation is 3. The molecule has 0 unspecified atom stereocenters. The van der Waals surface area contributed by atoms with Crippen molar-refractivity contribution in [1.29, 1.82) is 0 Å². The van der Waals surface area contributed by atoms with Crippen LogP contribution in [0.4, 0.5) is 0 Å². The molecule has 2 aromatic rings. The maximum Gasteiger partial charge on any atom is 0.171 e. The van der Waals surface area contributed by atoms with Gasteiger partial charge in [0.1, 0.15) is 6.54 Å². The largest absolute Gasteiger partial charge is 1.00 e.